The highest BCUT2D eigenvalue weighted by Gasteiger charge is 2.24. The molecule has 0 spiro atoms. The third-order valence-electron chi connectivity index (χ3n) is 5.37. The number of nitrogens with zero attached hydrogens (tertiary/aromatic N) is 3. The molecule has 4 aromatic rings. The fourth-order valence-electron chi connectivity index (χ4n) is 3.60. The molecule has 2 aromatic heterocycles. The number of hydrogen-bond donors (Lipinski definition) is 0. The molecule has 1 aliphatic carbocycles. The zero-order chi connectivity index (χ0) is 20.0. The normalized spacial score (nSPS) is 13.7. The predicted octanol–water partition coefficient (Wildman–Crippen LogP) is 4.74. The van der Waals surface area contributed by atoms with Gasteiger partial charge in [-0.3, -0.25) is 9.13 Å². The Balaban J connectivity index is 1.49. The second kappa shape index (κ2) is 6.88. The average molecular weight is 389 g/mol. The van der Waals surface area contributed by atoms with E-state index in [0.29, 0.717) is 17.5 Å². The van der Waals surface area contributed by atoms with Crippen LogP contribution in [0.25, 0.3) is 22.2 Å². The molecule has 1 saturated carbocycles. The van der Waals surface area contributed by atoms with Gasteiger partial charge >= 0.3 is 5.69 Å². The molecule has 0 unspecified atom stereocenters. The second-order valence-corrected chi connectivity index (χ2v) is 7.54. The van der Waals surface area contributed by atoms with E-state index in [-0.39, 0.29) is 5.69 Å². The largest absolute Gasteiger partial charge is 0.439 e. The Morgan fingerprint density at radius 2 is 1.90 bits per heavy atom. The van der Waals surface area contributed by atoms with Crippen LogP contribution in [0.1, 0.15) is 12.8 Å². The summed E-state index contributed by atoms with van der Waals surface area (Å²) in [6.45, 7) is 0.795. The van der Waals surface area contributed by atoms with E-state index in [0.717, 1.165) is 34.9 Å². The number of pyridine rings is 1. The van der Waals surface area contributed by atoms with E-state index in [9.17, 15) is 9.18 Å². The van der Waals surface area contributed by atoms with E-state index in [4.69, 9.17) is 4.74 Å². The summed E-state index contributed by atoms with van der Waals surface area (Å²) in [5.41, 5.74) is 3.88. The van der Waals surface area contributed by atoms with Crippen LogP contribution >= 0.6 is 0 Å². The molecule has 5 rings (SSSR count). The fourth-order valence-corrected chi connectivity index (χ4v) is 3.60. The molecule has 0 aliphatic heterocycles. The smallest absolute Gasteiger partial charge is 0.328 e. The molecule has 146 valence electrons. The number of hydrogen-bond acceptors (Lipinski definition) is 3. The molecule has 0 saturated heterocycles. The molecular formula is C23H20FN3O2. The second-order valence-electron chi connectivity index (χ2n) is 7.54. The van der Waals surface area contributed by atoms with Gasteiger partial charge in [0.05, 0.1) is 17.2 Å². The van der Waals surface area contributed by atoms with E-state index in [2.05, 4.69) is 4.98 Å². The minimum absolute atomic E-state index is 0.0310. The van der Waals surface area contributed by atoms with Crippen molar-refractivity contribution < 1.29 is 9.13 Å². The summed E-state index contributed by atoms with van der Waals surface area (Å²) in [5, 5.41) is 0. The van der Waals surface area contributed by atoms with Crippen LogP contribution in [0.3, 0.4) is 0 Å². The summed E-state index contributed by atoms with van der Waals surface area (Å²) in [6, 6.07) is 16.5. The fraction of sp³-hybridized carbons (Fsp3) is 0.217. The zero-order valence-corrected chi connectivity index (χ0v) is 16.0. The van der Waals surface area contributed by atoms with E-state index in [1.54, 1.807) is 4.57 Å². The van der Waals surface area contributed by atoms with Crippen LogP contribution in [-0.2, 0) is 13.6 Å². The van der Waals surface area contributed by atoms with E-state index in [1.807, 2.05) is 54.1 Å². The van der Waals surface area contributed by atoms with Gasteiger partial charge in [0.25, 0.3) is 0 Å². The minimum Gasteiger partial charge on any atom is -0.439 e. The molecule has 0 N–H and O–H groups in total. The molecule has 6 heteroatoms. The van der Waals surface area contributed by atoms with Crippen molar-refractivity contribution in [2.24, 2.45) is 13.0 Å². The van der Waals surface area contributed by atoms with Gasteiger partial charge in [-0.25, -0.2) is 14.2 Å². The summed E-state index contributed by atoms with van der Waals surface area (Å²) < 4.78 is 22.4. The topological polar surface area (TPSA) is 49.0 Å². The molecule has 0 atom stereocenters. The van der Waals surface area contributed by atoms with Gasteiger partial charge in [-0.1, -0.05) is 18.2 Å². The first-order valence-electron chi connectivity index (χ1n) is 9.67. The molecule has 5 nitrogen and oxygen atoms in total. The standard InChI is InChI=1S/C23H20FN3O2/c1-26-21-12-17(7-9-20(21)27(23(26)28)14-15-5-6-15)16-3-2-4-19(11-16)29-22-10-8-18(24)13-25-22/h2-4,7-13,15H,5-6,14H2,1H3. The van der Waals surface area contributed by atoms with Crippen molar-refractivity contribution in [2.75, 3.05) is 0 Å². The number of halogens is 1. The maximum Gasteiger partial charge on any atom is 0.328 e. The number of imidazole rings is 1. The van der Waals surface area contributed by atoms with Crippen LogP contribution in [0.15, 0.2) is 65.6 Å². The quantitative estimate of drug-likeness (QED) is 0.495. The Labute approximate surface area is 167 Å². The van der Waals surface area contributed by atoms with Crippen molar-refractivity contribution in [3.8, 4) is 22.8 Å². The van der Waals surface area contributed by atoms with E-state index < -0.39 is 5.82 Å². The van der Waals surface area contributed by atoms with Crippen LogP contribution in [0.4, 0.5) is 4.39 Å². The van der Waals surface area contributed by atoms with E-state index >= 15 is 0 Å². The number of rotatable bonds is 5. The highest BCUT2D eigenvalue weighted by atomic mass is 19.1. The SMILES string of the molecule is Cn1c(=O)n(CC2CC2)c2ccc(-c3cccc(Oc4ccc(F)cn4)c3)cc21. The molecule has 1 fully saturated rings. The third kappa shape index (κ3) is 3.42. The summed E-state index contributed by atoms with van der Waals surface area (Å²) in [4.78, 5) is 16.6. The van der Waals surface area contributed by atoms with Gasteiger partial charge in [0.2, 0.25) is 5.88 Å². The third-order valence-corrected chi connectivity index (χ3v) is 5.37. The first-order chi connectivity index (χ1) is 14.1. The lowest BCUT2D eigenvalue weighted by Gasteiger charge is -2.08. The highest BCUT2D eigenvalue weighted by molar-refractivity contribution is 5.83. The zero-order valence-electron chi connectivity index (χ0n) is 16.0. The molecule has 2 heterocycles. The molecule has 2 aromatic carbocycles. The Kier molecular flexibility index (Phi) is 4.19. The van der Waals surface area contributed by atoms with Gasteiger partial charge in [0.1, 0.15) is 11.6 Å². The van der Waals surface area contributed by atoms with Crippen LogP contribution in [0.5, 0.6) is 11.6 Å². The number of ether oxygens (including phenoxy) is 1. The summed E-state index contributed by atoms with van der Waals surface area (Å²) in [6.07, 6.45) is 3.53. The van der Waals surface area contributed by atoms with Crippen molar-refractivity contribution in [2.45, 2.75) is 19.4 Å². The Morgan fingerprint density at radius 1 is 1.07 bits per heavy atom. The Bertz CT molecular complexity index is 1250. The van der Waals surface area contributed by atoms with E-state index in [1.165, 1.54) is 25.0 Å². The molecular weight excluding hydrogens is 369 g/mol. The average Bonchev–Trinajstić information content (AvgIpc) is 3.53. The molecule has 0 radical (unpaired) electrons. The van der Waals surface area contributed by atoms with Crippen LogP contribution < -0.4 is 10.4 Å². The number of aryl methyl sites for hydroxylation is 1. The van der Waals surface area contributed by atoms with Gasteiger partial charge in [0.15, 0.2) is 0 Å². The first-order valence-corrected chi connectivity index (χ1v) is 9.67. The Hall–Kier alpha value is -3.41. The Morgan fingerprint density at radius 3 is 2.66 bits per heavy atom. The molecule has 0 bridgehead atoms. The lowest BCUT2D eigenvalue weighted by Crippen LogP contribution is -2.22. The summed E-state index contributed by atoms with van der Waals surface area (Å²) >= 11 is 0. The van der Waals surface area contributed by atoms with Crippen LogP contribution in [0.2, 0.25) is 0 Å². The van der Waals surface area contributed by atoms with Crippen LogP contribution in [-0.4, -0.2) is 14.1 Å². The maximum absolute atomic E-state index is 13.0. The summed E-state index contributed by atoms with van der Waals surface area (Å²) in [7, 11) is 1.82. The van der Waals surface area contributed by atoms with Gasteiger partial charge in [-0.2, -0.15) is 0 Å². The van der Waals surface area contributed by atoms with Crippen molar-refractivity contribution in [1.82, 2.24) is 14.1 Å². The van der Waals surface area contributed by atoms with Gasteiger partial charge in [-0.15, -0.1) is 0 Å². The van der Waals surface area contributed by atoms with Crippen molar-refractivity contribution >= 4 is 11.0 Å². The monoisotopic (exact) mass is 389 g/mol. The van der Waals surface area contributed by atoms with Gasteiger partial charge in [-0.05, 0) is 60.2 Å². The number of fused-ring (bicyclic) bond motifs is 1. The number of benzene rings is 2. The van der Waals surface area contributed by atoms with Crippen molar-refractivity contribution in [3.05, 3.63) is 77.1 Å². The predicted molar refractivity (Wildman–Crippen MR) is 110 cm³/mol. The first kappa shape index (κ1) is 17.7. The molecule has 29 heavy (non-hydrogen) atoms. The minimum atomic E-state index is -0.404. The lowest BCUT2D eigenvalue weighted by molar-refractivity contribution is 0.459. The molecule has 1 aliphatic rings. The number of aromatic nitrogens is 3. The van der Waals surface area contributed by atoms with Gasteiger partial charge in [0, 0.05) is 19.7 Å². The van der Waals surface area contributed by atoms with Crippen molar-refractivity contribution in [3.63, 3.8) is 0 Å². The highest BCUT2D eigenvalue weighted by Crippen LogP contribution is 2.32. The maximum atomic E-state index is 13.0. The lowest BCUT2D eigenvalue weighted by atomic mass is 10.0. The van der Waals surface area contributed by atoms with Gasteiger partial charge < -0.3 is 4.74 Å². The summed E-state index contributed by atoms with van der Waals surface area (Å²) in [5.74, 6) is 1.17. The molecule has 0 amide bonds. The van der Waals surface area contributed by atoms with Crippen molar-refractivity contribution in [1.29, 1.82) is 0 Å². The van der Waals surface area contributed by atoms with Crippen LogP contribution in [0, 0.1) is 11.7 Å².